The van der Waals surface area contributed by atoms with Gasteiger partial charge in [0.05, 0.1) is 17.9 Å². The number of nitrogens with one attached hydrogen (secondary N) is 2. The Morgan fingerprint density at radius 3 is 2.90 bits per heavy atom. The summed E-state index contributed by atoms with van der Waals surface area (Å²) < 4.78 is 47.7. The molecule has 156 valence electrons. The third-order valence-corrected chi connectivity index (χ3v) is 7.39. The number of hydrogen-bond donors (Lipinski definition) is 2. The molecule has 1 fully saturated rings. The molecule has 1 saturated heterocycles. The number of halogens is 2. The fourth-order valence-electron chi connectivity index (χ4n) is 4.53. The second-order valence-corrected chi connectivity index (χ2v) is 10.3. The monoisotopic (exact) mass is 482 g/mol. The molecule has 5 nitrogen and oxygen atoms in total. The van der Waals surface area contributed by atoms with Crippen molar-refractivity contribution in [2.24, 2.45) is 11.8 Å². The summed E-state index contributed by atoms with van der Waals surface area (Å²) >= 11 is 3.38. The van der Waals surface area contributed by atoms with Crippen LogP contribution in [0.4, 0.5) is 10.1 Å². The van der Waals surface area contributed by atoms with E-state index in [2.05, 4.69) is 44.7 Å². The second kappa shape index (κ2) is 8.34. The molecule has 1 aromatic carbocycles. The Balaban J connectivity index is 1.63. The molecule has 3 aliphatic rings. The maximum absolute atomic E-state index is 14.8. The molecule has 5 atom stereocenters. The van der Waals surface area contributed by atoms with Gasteiger partial charge >= 0.3 is 0 Å². The van der Waals surface area contributed by atoms with Crippen LogP contribution < -0.4 is 10.0 Å². The Morgan fingerprint density at radius 1 is 1.34 bits per heavy atom. The summed E-state index contributed by atoms with van der Waals surface area (Å²) in [6.45, 7) is 3.49. The summed E-state index contributed by atoms with van der Waals surface area (Å²) in [6.07, 6.45) is 10.3. The first-order valence-corrected chi connectivity index (χ1v) is 12.1. The lowest BCUT2D eigenvalue weighted by Gasteiger charge is -2.47. The molecule has 4 rings (SSSR count). The number of rotatable bonds is 5. The maximum Gasteiger partial charge on any atom is 0.233 e. The highest BCUT2D eigenvalue weighted by Gasteiger charge is 2.44. The van der Waals surface area contributed by atoms with Crippen molar-refractivity contribution in [3.8, 4) is 0 Å². The van der Waals surface area contributed by atoms with Crippen LogP contribution in [0.25, 0.3) is 0 Å². The largest absolute Gasteiger partial charge is 0.379 e. The molecule has 0 amide bonds. The van der Waals surface area contributed by atoms with Gasteiger partial charge in [-0.2, -0.15) is 0 Å². The van der Waals surface area contributed by atoms with E-state index in [1.165, 1.54) is 6.07 Å². The number of fused-ring (bicyclic) bond motifs is 3. The van der Waals surface area contributed by atoms with E-state index in [1.807, 2.05) is 18.2 Å². The van der Waals surface area contributed by atoms with Crippen molar-refractivity contribution in [3.63, 3.8) is 0 Å². The van der Waals surface area contributed by atoms with Crippen molar-refractivity contribution in [3.05, 3.63) is 64.3 Å². The highest BCUT2D eigenvalue weighted by Crippen LogP contribution is 2.49. The lowest BCUT2D eigenvalue weighted by molar-refractivity contribution is -0.0925. The lowest BCUT2D eigenvalue weighted by Crippen LogP contribution is -2.48. The number of benzene rings is 1. The molecule has 1 aromatic rings. The van der Waals surface area contributed by atoms with Crippen LogP contribution in [0.1, 0.15) is 30.9 Å². The molecular weight excluding hydrogens is 459 g/mol. The van der Waals surface area contributed by atoms with Crippen molar-refractivity contribution < 1.29 is 17.5 Å². The van der Waals surface area contributed by atoms with Crippen LogP contribution in [0.5, 0.6) is 0 Å². The van der Waals surface area contributed by atoms with Gasteiger partial charge in [0.1, 0.15) is 5.82 Å². The number of allylic oxidation sites excluding steroid dienone is 3. The van der Waals surface area contributed by atoms with E-state index in [0.717, 1.165) is 30.2 Å². The van der Waals surface area contributed by atoms with Gasteiger partial charge in [-0.3, -0.25) is 0 Å². The first-order valence-electron chi connectivity index (χ1n) is 9.74. The second-order valence-electron chi connectivity index (χ2n) is 7.71. The van der Waals surface area contributed by atoms with Crippen LogP contribution in [0.2, 0.25) is 0 Å². The van der Waals surface area contributed by atoms with E-state index in [9.17, 15) is 12.8 Å². The Labute approximate surface area is 179 Å². The molecule has 0 aromatic heterocycles. The minimum Gasteiger partial charge on any atom is -0.379 e. The lowest BCUT2D eigenvalue weighted by atomic mass is 9.73. The molecule has 0 spiro atoms. The van der Waals surface area contributed by atoms with Gasteiger partial charge in [-0.25, -0.2) is 17.5 Å². The van der Waals surface area contributed by atoms with Gasteiger partial charge in [0.25, 0.3) is 0 Å². The van der Waals surface area contributed by atoms with E-state index in [0.29, 0.717) is 10.2 Å². The predicted molar refractivity (Wildman–Crippen MR) is 115 cm³/mol. The number of sulfonamides is 1. The summed E-state index contributed by atoms with van der Waals surface area (Å²) in [5, 5.41) is 4.35. The highest BCUT2D eigenvalue weighted by atomic mass is 79.9. The first kappa shape index (κ1) is 20.8. The number of ether oxygens (including phenoxy) is 1. The summed E-state index contributed by atoms with van der Waals surface area (Å²) in [5.74, 6) is 0.110. The third kappa shape index (κ3) is 4.35. The Kier molecular flexibility index (Phi) is 5.97. The zero-order valence-corrected chi connectivity index (χ0v) is 18.3. The maximum atomic E-state index is 14.8. The van der Waals surface area contributed by atoms with Crippen LogP contribution in [0.3, 0.4) is 0 Å². The Morgan fingerprint density at radius 2 is 2.17 bits per heavy atom. The van der Waals surface area contributed by atoms with Gasteiger partial charge < -0.3 is 10.1 Å². The normalized spacial score (nSPS) is 30.9. The Bertz CT molecular complexity index is 963. The zero-order chi connectivity index (χ0) is 20.6. The van der Waals surface area contributed by atoms with Gasteiger partial charge in [-0.15, -0.1) is 0 Å². The quantitative estimate of drug-likeness (QED) is 0.651. The van der Waals surface area contributed by atoms with Crippen LogP contribution in [0.15, 0.2) is 52.9 Å². The average Bonchev–Trinajstić information content (AvgIpc) is 2.72. The fraction of sp³-hybridized carbons (Fsp3) is 0.429. The molecule has 1 unspecified atom stereocenters. The van der Waals surface area contributed by atoms with Gasteiger partial charge in [-0.05, 0) is 31.4 Å². The molecule has 29 heavy (non-hydrogen) atoms. The van der Waals surface area contributed by atoms with Crippen LogP contribution in [-0.4, -0.2) is 27.1 Å². The summed E-state index contributed by atoms with van der Waals surface area (Å²) in [7, 11) is -3.51. The van der Waals surface area contributed by atoms with Gasteiger partial charge in [0.15, 0.2) is 0 Å². The minimum atomic E-state index is -3.51. The minimum absolute atomic E-state index is 0.0511. The Hall–Kier alpha value is -1.48. The molecule has 2 aliphatic heterocycles. The molecule has 2 heterocycles. The molecule has 2 N–H and O–H groups in total. The molecule has 8 heteroatoms. The van der Waals surface area contributed by atoms with Gasteiger partial charge in [0, 0.05) is 39.9 Å². The van der Waals surface area contributed by atoms with Crippen LogP contribution >= 0.6 is 15.9 Å². The summed E-state index contributed by atoms with van der Waals surface area (Å²) in [4.78, 5) is 0. The van der Waals surface area contributed by atoms with E-state index >= 15 is 0 Å². The van der Waals surface area contributed by atoms with E-state index in [-0.39, 0.29) is 42.4 Å². The summed E-state index contributed by atoms with van der Waals surface area (Å²) in [6, 6.07) is 3.40. The average molecular weight is 483 g/mol. The van der Waals surface area contributed by atoms with Crippen molar-refractivity contribution in [2.75, 3.05) is 11.9 Å². The number of anilines is 1. The predicted octanol–water partition coefficient (Wildman–Crippen LogP) is 4.41. The zero-order valence-electron chi connectivity index (χ0n) is 15.9. The molecule has 0 radical (unpaired) electrons. The van der Waals surface area contributed by atoms with Gasteiger partial charge in [0.2, 0.25) is 10.0 Å². The smallest absolute Gasteiger partial charge is 0.233 e. The van der Waals surface area contributed by atoms with Gasteiger partial charge in [-0.1, -0.05) is 46.8 Å². The molecular formula is C21H24BrFN2O3S. The highest BCUT2D eigenvalue weighted by molar-refractivity contribution is 9.10. The summed E-state index contributed by atoms with van der Waals surface area (Å²) in [5.41, 5.74) is 1.26. The fourth-order valence-corrected chi connectivity index (χ4v) is 5.51. The standard InChI is InChI=1S/C21H24BrFN2O3S/c1-2-29(26,27)24-12-15-8-9-16-19(13-6-4-3-5-7-13)25-20-17(21(16)28-15)10-14(22)11-18(20)23/h2-6,10-11,13,15-16,19,21,24-25H,1,7-9,12H2/t13?,15-,16+,19+,21+/m1/s1. The number of hydrogen-bond acceptors (Lipinski definition) is 4. The van der Waals surface area contributed by atoms with Crippen molar-refractivity contribution in [2.45, 2.75) is 37.5 Å². The van der Waals surface area contributed by atoms with Crippen molar-refractivity contribution in [1.82, 2.24) is 4.72 Å². The van der Waals surface area contributed by atoms with E-state index < -0.39 is 10.0 Å². The van der Waals surface area contributed by atoms with E-state index in [1.54, 1.807) is 0 Å². The van der Waals surface area contributed by atoms with Crippen molar-refractivity contribution in [1.29, 1.82) is 0 Å². The molecule has 0 bridgehead atoms. The third-order valence-electron chi connectivity index (χ3n) is 5.92. The van der Waals surface area contributed by atoms with Crippen LogP contribution in [-0.2, 0) is 14.8 Å². The molecule has 0 saturated carbocycles. The SMILES string of the molecule is C=CS(=O)(=O)NC[C@H]1CC[C@@H]2[C@H](O1)c1cc(Br)cc(F)c1N[C@H]2C1C=CC=CC1. The molecule has 1 aliphatic carbocycles. The van der Waals surface area contributed by atoms with Crippen LogP contribution in [0, 0.1) is 17.7 Å². The van der Waals surface area contributed by atoms with Crippen molar-refractivity contribution >= 4 is 31.6 Å². The van der Waals surface area contributed by atoms with E-state index in [4.69, 9.17) is 4.74 Å². The topological polar surface area (TPSA) is 67.4 Å². The first-order chi connectivity index (χ1) is 13.9.